The molecule has 2 fully saturated rings. The number of nitrogens with zero attached hydrogens (tertiary/aromatic N) is 1. The van der Waals surface area contributed by atoms with E-state index in [2.05, 4.69) is 10.6 Å². The summed E-state index contributed by atoms with van der Waals surface area (Å²) in [5.74, 6) is -0.447. The van der Waals surface area contributed by atoms with Crippen LogP contribution in [0.15, 0.2) is 0 Å². The third kappa shape index (κ3) is 6.84. The topological polar surface area (TPSA) is 106 Å². The van der Waals surface area contributed by atoms with Crippen LogP contribution in [0.2, 0.25) is 0 Å². The molecule has 0 radical (unpaired) electrons. The fourth-order valence-corrected chi connectivity index (χ4v) is 5.16. The molecule has 2 saturated heterocycles. The third-order valence-corrected chi connectivity index (χ3v) is 6.47. The van der Waals surface area contributed by atoms with Crippen molar-refractivity contribution in [2.24, 2.45) is 11.3 Å². The minimum Gasteiger partial charge on any atom is -0.444 e. The predicted octanol–water partition coefficient (Wildman–Crippen LogP) is 3.85. The van der Waals surface area contributed by atoms with Crippen LogP contribution in [-0.4, -0.2) is 72.6 Å². The molecular formula is C25H45N3O6. The van der Waals surface area contributed by atoms with Gasteiger partial charge in [-0.1, -0.05) is 0 Å². The Hall–Kier alpha value is -1.87. The fraction of sp³-hybridized carbons (Fsp3) is 0.880. The van der Waals surface area contributed by atoms with Crippen LogP contribution in [0.1, 0.15) is 81.1 Å². The van der Waals surface area contributed by atoms with Crippen molar-refractivity contribution in [1.29, 1.82) is 0 Å². The highest BCUT2D eigenvalue weighted by Crippen LogP contribution is 2.47. The molecule has 9 nitrogen and oxygen atoms in total. The van der Waals surface area contributed by atoms with Gasteiger partial charge in [-0.2, -0.15) is 0 Å². The van der Waals surface area contributed by atoms with E-state index < -0.39 is 40.9 Å². The van der Waals surface area contributed by atoms with E-state index in [0.717, 1.165) is 32.4 Å². The highest BCUT2D eigenvalue weighted by molar-refractivity contribution is 5.97. The number of carbonyl (C=O) groups is 3. The molecule has 2 aliphatic rings. The molecule has 2 heterocycles. The van der Waals surface area contributed by atoms with Gasteiger partial charge in [-0.15, -0.1) is 0 Å². The molecule has 2 N–H and O–H groups in total. The molecule has 34 heavy (non-hydrogen) atoms. The molecule has 2 aliphatic heterocycles. The van der Waals surface area contributed by atoms with Gasteiger partial charge >= 0.3 is 12.2 Å². The van der Waals surface area contributed by atoms with Crippen molar-refractivity contribution in [3.8, 4) is 0 Å². The van der Waals surface area contributed by atoms with Crippen LogP contribution in [0, 0.1) is 11.3 Å². The quantitative estimate of drug-likeness (QED) is 0.591. The number of imide groups is 1. The maximum atomic E-state index is 14.5. The summed E-state index contributed by atoms with van der Waals surface area (Å²) >= 11 is 0. The van der Waals surface area contributed by atoms with E-state index in [1.807, 2.05) is 6.92 Å². The fourth-order valence-electron chi connectivity index (χ4n) is 5.16. The average Bonchev–Trinajstić information content (AvgIpc) is 3.22. The van der Waals surface area contributed by atoms with Gasteiger partial charge in [0.05, 0.1) is 11.5 Å². The number of hydrogen-bond donors (Lipinski definition) is 2. The molecular weight excluding hydrogens is 438 g/mol. The van der Waals surface area contributed by atoms with Gasteiger partial charge < -0.3 is 24.8 Å². The van der Waals surface area contributed by atoms with E-state index in [1.54, 1.807) is 48.5 Å². The molecule has 0 aliphatic carbocycles. The summed E-state index contributed by atoms with van der Waals surface area (Å²) in [5.41, 5.74) is -2.56. The number of carbonyl (C=O) groups excluding carboxylic acids is 3. The van der Waals surface area contributed by atoms with Crippen LogP contribution in [0.25, 0.3) is 0 Å². The molecule has 0 aromatic rings. The van der Waals surface area contributed by atoms with Crippen molar-refractivity contribution in [1.82, 2.24) is 15.5 Å². The number of alkyl carbamates (subject to hydrolysis) is 1. The second-order valence-corrected chi connectivity index (χ2v) is 11.4. The Kier molecular flexibility index (Phi) is 9.38. The highest BCUT2D eigenvalue weighted by atomic mass is 16.6. The molecule has 0 bridgehead atoms. The van der Waals surface area contributed by atoms with E-state index in [4.69, 9.17) is 14.2 Å². The number of ether oxygens (including phenoxy) is 3. The Morgan fingerprint density at radius 1 is 1.03 bits per heavy atom. The van der Waals surface area contributed by atoms with E-state index in [0.29, 0.717) is 13.0 Å². The van der Waals surface area contributed by atoms with Gasteiger partial charge in [0.1, 0.15) is 11.2 Å². The zero-order valence-corrected chi connectivity index (χ0v) is 22.3. The van der Waals surface area contributed by atoms with Crippen molar-refractivity contribution in [2.75, 3.05) is 26.2 Å². The van der Waals surface area contributed by atoms with Gasteiger partial charge in [-0.25, -0.2) is 14.5 Å². The average molecular weight is 484 g/mol. The van der Waals surface area contributed by atoms with Crippen LogP contribution in [0.3, 0.4) is 0 Å². The van der Waals surface area contributed by atoms with Crippen LogP contribution in [0.5, 0.6) is 0 Å². The molecule has 9 heteroatoms. The summed E-state index contributed by atoms with van der Waals surface area (Å²) in [6, 6.07) is -0.627. The summed E-state index contributed by atoms with van der Waals surface area (Å²) < 4.78 is 17.3. The molecule has 0 spiro atoms. The number of nitrogens with one attached hydrogen (secondary N) is 2. The maximum absolute atomic E-state index is 14.5. The first kappa shape index (κ1) is 28.4. The summed E-state index contributed by atoms with van der Waals surface area (Å²) in [6.07, 6.45) is 1.27. The molecule has 3 amide bonds. The zero-order valence-electron chi connectivity index (χ0n) is 22.3. The largest absolute Gasteiger partial charge is 0.444 e. The Morgan fingerprint density at radius 2 is 1.62 bits per heavy atom. The summed E-state index contributed by atoms with van der Waals surface area (Å²) in [5, 5.41) is 6.29. The first-order chi connectivity index (χ1) is 15.7. The van der Waals surface area contributed by atoms with Gasteiger partial charge in [0.25, 0.3) is 0 Å². The lowest BCUT2D eigenvalue weighted by molar-refractivity contribution is -0.160. The predicted molar refractivity (Wildman–Crippen MR) is 129 cm³/mol. The minimum atomic E-state index is -1.14. The number of hydrogen-bond acceptors (Lipinski definition) is 7. The standard InChI is InChI=1S/C25H45N3O6/c1-9-28(22(31)34-24(6,7)8)20(29)25(19-11-10-16-32-19,18-12-14-26-15-13-18)17(2)27-21(30)33-23(3,4)5/h17-19,26H,9-16H2,1-8H3,(H,27,30). The van der Waals surface area contributed by atoms with Crippen molar-refractivity contribution in [2.45, 2.75) is 104 Å². The van der Waals surface area contributed by atoms with E-state index in [-0.39, 0.29) is 18.4 Å². The van der Waals surface area contributed by atoms with E-state index >= 15 is 0 Å². The van der Waals surface area contributed by atoms with Gasteiger partial charge in [0.2, 0.25) is 5.91 Å². The van der Waals surface area contributed by atoms with Crippen LogP contribution in [0.4, 0.5) is 9.59 Å². The third-order valence-electron chi connectivity index (χ3n) is 6.47. The first-order valence-electron chi connectivity index (χ1n) is 12.6. The summed E-state index contributed by atoms with van der Waals surface area (Å²) in [6.45, 7) is 16.5. The molecule has 196 valence electrons. The van der Waals surface area contributed by atoms with Crippen molar-refractivity contribution >= 4 is 18.1 Å². The lowest BCUT2D eigenvalue weighted by atomic mass is 9.61. The van der Waals surface area contributed by atoms with E-state index in [1.165, 1.54) is 4.90 Å². The molecule has 3 atom stereocenters. The minimum absolute atomic E-state index is 0.0919. The Bertz CT molecular complexity index is 717. The number of amides is 3. The Labute approximate surface area is 204 Å². The van der Waals surface area contributed by atoms with Crippen molar-refractivity contribution in [3.05, 3.63) is 0 Å². The monoisotopic (exact) mass is 483 g/mol. The van der Waals surface area contributed by atoms with Crippen LogP contribution < -0.4 is 10.6 Å². The van der Waals surface area contributed by atoms with Gasteiger partial charge in [-0.05, 0) is 100 Å². The molecule has 3 unspecified atom stereocenters. The van der Waals surface area contributed by atoms with Crippen LogP contribution >= 0.6 is 0 Å². The summed E-state index contributed by atoms with van der Waals surface area (Å²) in [4.78, 5) is 41.6. The molecule has 0 aromatic heterocycles. The summed E-state index contributed by atoms with van der Waals surface area (Å²) in [7, 11) is 0. The molecule has 2 rings (SSSR count). The van der Waals surface area contributed by atoms with Crippen LogP contribution in [-0.2, 0) is 19.0 Å². The zero-order chi connectivity index (χ0) is 25.7. The van der Waals surface area contributed by atoms with Gasteiger partial charge in [0.15, 0.2) is 0 Å². The smallest absolute Gasteiger partial charge is 0.417 e. The number of rotatable bonds is 6. The lowest BCUT2D eigenvalue weighted by Crippen LogP contribution is -2.66. The molecule has 0 aromatic carbocycles. The highest BCUT2D eigenvalue weighted by Gasteiger charge is 2.59. The number of piperidine rings is 1. The van der Waals surface area contributed by atoms with Gasteiger partial charge in [0, 0.05) is 19.2 Å². The normalized spacial score (nSPS) is 22.4. The van der Waals surface area contributed by atoms with Crippen molar-refractivity contribution < 1.29 is 28.6 Å². The Morgan fingerprint density at radius 3 is 2.09 bits per heavy atom. The first-order valence-corrected chi connectivity index (χ1v) is 12.6. The Balaban J connectivity index is 2.53. The SMILES string of the molecule is CCN(C(=O)OC(C)(C)C)C(=O)C(C1CCNCC1)(C(C)NC(=O)OC(C)(C)C)C1CCCO1. The molecule has 0 saturated carbocycles. The second kappa shape index (κ2) is 11.2. The second-order valence-electron chi connectivity index (χ2n) is 11.4. The van der Waals surface area contributed by atoms with E-state index in [9.17, 15) is 14.4 Å². The maximum Gasteiger partial charge on any atom is 0.417 e. The van der Waals surface area contributed by atoms with Crippen molar-refractivity contribution in [3.63, 3.8) is 0 Å². The lowest BCUT2D eigenvalue weighted by Gasteiger charge is -2.49. The van der Waals surface area contributed by atoms with Gasteiger partial charge in [-0.3, -0.25) is 4.79 Å².